The molecule has 1 amide bonds. The van der Waals surface area contributed by atoms with E-state index in [1.54, 1.807) is 12.1 Å². The monoisotopic (exact) mass is 401 g/mol. The minimum atomic E-state index is -3.53. The molecular formula is C15H16BrNO5S. The van der Waals surface area contributed by atoms with E-state index in [-0.39, 0.29) is 22.2 Å². The summed E-state index contributed by atoms with van der Waals surface area (Å²) in [5, 5.41) is 2.60. The van der Waals surface area contributed by atoms with Gasteiger partial charge >= 0.3 is 0 Å². The number of nitrogens with one attached hydrogen (secondary N) is 1. The third kappa shape index (κ3) is 4.92. The third-order valence-electron chi connectivity index (χ3n) is 2.98. The second kappa shape index (κ2) is 7.76. The number of carbonyl (C=O) groups excluding carboxylic acids is 1. The molecule has 0 bridgehead atoms. The minimum Gasteiger partial charge on any atom is -0.455 e. The molecule has 8 heteroatoms. The number of furan rings is 1. The van der Waals surface area contributed by atoms with Gasteiger partial charge in [0.25, 0.3) is 5.91 Å². The van der Waals surface area contributed by atoms with Gasteiger partial charge in [0.15, 0.2) is 15.6 Å². The highest BCUT2D eigenvalue weighted by Crippen LogP contribution is 2.20. The minimum absolute atomic E-state index is 0.0714. The molecule has 0 saturated carbocycles. The highest BCUT2D eigenvalue weighted by atomic mass is 79.9. The smallest absolute Gasteiger partial charge is 0.287 e. The second-order valence-electron chi connectivity index (χ2n) is 4.73. The lowest BCUT2D eigenvalue weighted by Gasteiger charge is -2.03. The van der Waals surface area contributed by atoms with Gasteiger partial charge in [-0.2, -0.15) is 0 Å². The molecule has 1 aromatic carbocycles. The Morgan fingerprint density at radius 1 is 1.22 bits per heavy atom. The molecule has 0 atom stereocenters. The highest BCUT2D eigenvalue weighted by molar-refractivity contribution is 9.10. The lowest BCUT2D eigenvalue weighted by atomic mass is 10.4. The lowest BCUT2D eigenvalue weighted by molar-refractivity contribution is 0.0908. The number of carbonyl (C=O) groups is 1. The standard InChI is InChI=1S/C15H16BrNO5S/c1-21-9-8-17-15(18)14-7-4-12(22-14)10-23(19,20)13-5-2-11(16)3-6-13/h2-7H,8-10H2,1H3,(H,17,18). The molecule has 1 aromatic heterocycles. The van der Waals surface area contributed by atoms with E-state index in [1.807, 2.05) is 0 Å². The summed E-state index contributed by atoms with van der Waals surface area (Å²) in [7, 11) is -2.00. The topological polar surface area (TPSA) is 85.6 Å². The van der Waals surface area contributed by atoms with Gasteiger partial charge in [-0.05, 0) is 36.4 Å². The van der Waals surface area contributed by atoms with Gasteiger partial charge in [0, 0.05) is 18.1 Å². The fraction of sp³-hybridized carbons (Fsp3) is 0.267. The fourth-order valence-corrected chi connectivity index (χ4v) is 3.36. The normalized spacial score (nSPS) is 11.4. The molecule has 2 aromatic rings. The Morgan fingerprint density at radius 2 is 1.91 bits per heavy atom. The van der Waals surface area contributed by atoms with Gasteiger partial charge in [0.1, 0.15) is 11.5 Å². The van der Waals surface area contributed by atoms with Gasteiger partial charge in [0.05, 0.1) is 11.5 Å². The maximum atomic E-state index is 12.3. The van der Waals surface area contributed by atoms with E-state index >= 15 is 0 Å². The van der Waals surface area contributed by atoms with Gasteiger partial charge in [-0.1, -0.05) is 15.9 Å². The zero-order valence-electron chi connectivity index (χ0n) is 12.4. The average molecular weight is 402 g/mol. The van der Waals surface area contributed by atoms with Crippen molar-refractivity contribution in [3.63, 3.8) is 0 Å². The Balaban J connectivity index is 2.06. The van der Waals surface area contributed by atoms with E-state index < -0.39 is 15.7 Å². The van der Waals surface area contributed by atoms with Crippen LogP contribution in [-0.4, -0.2) is 34.6 Å². The van der Waals surface area contributed by atoms with Crippen molar-refractivity contribution in [1.82, 2.24) is 5.32 Å². The van der Waals surface area contributed by atoms with Crippen LogP contribution in [0, 0.1) is 0 Å². The summed E-state index contributed by atoms with van der Waals surface area (Å²) < 4.78 is 35.6. The lowest BCUT2D eigenvalue weighted by Crippen LogP contribution is -2.26. The summed E-state index contributed by atoms with van der Waals surface area (Å²) in [6.45, 7) is 0.736. The molecule has 23 heavy (non-hydrogen) atoms. The summed E-state index contributed by atoms with van der Waals surface area (Å²) in [5.41, 5.74) is 0. The van der Waals surface area contributed by atoms with Gasteiger partial charge in [-0.25, -0.2) is 8.42 Å². The van der Waals surface area contributed by atoms with Crippen LogP contribution >= 0.6 is 15.9 Å². The van der Waals surface area contributed by atoms with Crippen LogP contribution in [0.25, 0.3) is 0 Å². The van der Waals surface area contributed by atoms with E-state index in [9.17, 15) is 13.2 Å². The van der Waals surface area contributed by atoms with Crippen LogP contribution in [0.1, 0.15) is 16.3 Å². The van der Waals surface area contributed by atoms with Crippen molar-refractivity contribution in [2.75, 3.05) is 20.3 Å². The van der Waals surface area contributed by atoms with Crippen molar-refractivity contribution in [1.29, 1.82) is 0 Å². The number of rotatable bonds is 7. The molecule has 124 valence electrons. The summed E-state index contributed by atoms with van der Waals surface area (Å²) in [4.78, 5) is 12.0. The predicted molar refractivity (Wildman–Crippen MR) is 87.9 cm³/mol. The van der Waals surface area contributed by atoms with E-state index in [2.05, 4.69) is 21.2 Å². The Bertz CT molecular complexity index is 767. The van der Waals surface area contributed by atoms with Crippen LogP contribution in [0.3, 0.4) is 0 Å². The molecule has 0 spiro atoms. The maximum absolute atomic E-state index is 12.3. The van der Waals surface area contributed by atoms with Crippen molar-refractivity contribution in [2.45, 2.75) is 10.6 Å². The first-order valence-corrected chi connectivity index (χ1v) is 9.21. The SMILES string of the molecule is COCCNC(=O)c1ccc(CS(=O)(=O)c2ccc(Br)cc2)o1. The summed E-state index contributed by atoms with van der Waals surface area (Å²) in [5.74, 6) is -0.429. The van der Waals surface area contributed by atoms with Crippen LogP contribution < -0.4 is 5.32 Å². The van der Waals surface area contributed by atoms with Crippen LogP contribution in [0.4, 0.5) is 0 Å². The molecule has 0 radical (unpaired) electrons. The van der Waals surface area contributed by atoms with E-state index in [0.29, 0.717) is 13.2 Å². The first-order valence-electron chi connectivity index (χ1n) is 6.76. The third-order valence-corrected chi connectivity index (χ3v) is 5.17. The Hall–Kier alpha value is -1.64. The molecule has 0 aliphatic rings. The highest BCUT2D eigenvalue weighted by Gasteiger charge is 2.19. The van der Waals surface area contributed by atoms with Crippen molar-refractivity contribution in [3.05, 3.63) is 52.4 Å². The molecule has 0 fully saturated rings. The molecular weight excluding hydrogens is 386 g/mol. The van der Waals surface area contributed by atoms with Crippen LogP contribution in [0.2, 0.25) is 0 Å². The summed E-state index contributed by atoms with van der Waals surface area (Å²) in [6, 6.07) is 9.28. The second-order valence-corrected chi connectivity index (χ2v) is 7.63. The molecule has 1 N–H and O–H groups in total. The van der Waals surface area contributed by atoms with Crippen molar-refractivity contribution in [3.8, 4) is 0 Å². The molecule has 0 aliphatic heterocycles. The van der Waals surface area contributed by atoms with Gasteiger partial charge in [-0.3, -0.25) is 4.79 Å². The van der Waals surface area contributed by atoms with Crippen molar-refractivity contribution >= 4 is 31.7 Å². The Kier molecular flexibility index (Phi) is 5.97. The van der Waals surface area contributed by atoms with Crippen LogP contribution in [-0.2, 0) is 20.3 Å². The van der Waals surface area contributed by atoms with Crippen LogP contribution in [0.5, 0.6) is 0 Å². The number of benzene rings is 1. The zero-order chi connectivity index (χ0) is 16.9. The molecule has 2 rings (SSSR count). The van der Waals surface area contributed by atoms with Gasteiger partial charge in [-0.15, -0.1) is 0 Å². The molecule has 6 nitrogen and oxygen atoms in total. The molecule has 0 saturated heterocycles. The molecule has 0 aliphatic carbocycles. The van der Waals surface area contributed by atoms with Gasteiger partial charge in [0.2, 0.25) is 0 Å². The Morgan fingerprint density at radius 3 is 2.57 bits per heavy atom. The number of halogens is 1. The fourth-order valence-electron chi connectivity index (χ4n) is 1.84. The maximum Gasteiger partial charge on any atom is 0.287 e. The first-order chi connectivity index (χ1) is 10.9. The zero-order valence-corrected chi connectivity index (χ0v) is 14.8. The number of amides is 1. The number of methoxy groups -OCH3 is 1. The van der Waals surface area contributed by atoms with Crippen molar-refractivity contribution < 1.29 is 22.4 Å². The summed E-state index contributed by atoms with van der Waals surface area (Å²) >= 11 is 3.26. The quantitative estimate of drug-likeness (QED) is 0.719. The van der Waals surface area contributed by atoms with E-state index in [4.69, 9.17) is 9.15 Å². The summed E-state index contributed by atoms with van der Waals surface area (Å²) in [6.07, 6.45) is 0. The first kappa shape index (κ1) is 17.7. The van der Waals surface area contributed by atoms with Crippen LogP contribution in [0.15, 0.2) is 50.2 Å². The molecule has 0 unspecified atom stereocenters. The number of ether oxygens (including phenoxy) is 1. The largest absolute Gasteiger partial charge is 0.455 e. The van der Waals surface area contributed by atoms with Crippen molar-refractivity contribution in [2.24, 2.45) is 0 Å². The molecule has 1 heterocycles. The number of hydrogen-bond donors (Lipinski definition) is 1. The van der Waals surface area contributed by atoms with E-state index in [1.165, 1.54) is 31.4 Å². The Labute approximate surface area is 142 Å². The number of hydrogen-bond acceptors (Lipinski definition) is 5. The number of sulfone groups is 1. The average Bonchev–Trinajstić information content (AvgIpc) is 2.95. The van der Waals surface area contributed by atoms with E-state index in [0.717, 1.165) is 4.47 Å². The van der Waals surface area contributed by atoms with Gasteiger partial charge < -0.3 is 14.5 Å². The predicted octanol–water partition coefficient (Wildman–Crippen LogP) is 2.39.